The number of hydrogen-bond acceptors (Lipinski definition) is 4. The summed E-state index contributed by atoms with van der Waals surface area (Å²) in [6.07, 6.45) is -2.02. The first kappa shape index (κ1) is 12.9. The van der Waals surface area contributed by atoms with Crippen LogP contribution in [0.2, 0.25) is 0 Å². The first-order valence-corrected chi connectivity index (χ1v) is 4.59. The molecule has 0 aromatic heterocycles. The number of rotatable bonds is 4. The molecule has 2 amide bonds. The van der Waals surface area contributed by atoms with E-state index in [1.54, 1.807) is 0 Å². The monoisotopic (exact) mass is 246 g/mol. The van der Waals surface area contributed by atoms with Crippen molar-refractivity contribution < 1.29 is 34.3 Å². The average Bonchev–Trinajstić information content (AvgIpc) is 2.67. The molecule has 0 bridgehead atoms. The number of hydrogen-bond donors (Lipinski definition) is 5. The van der Waals surface area contributed by atoms with E-state index in [2.05, 4.69) is 5.32 Å². The minimum Gasteiger partial charge on any atom is -0.481 e. The molecule has 6 N–H and O–H groups in total. The van der Waals surface area contributed by atoms with E-state index in [4.69, 9.17) is 15.9 Å². The van der Waals surface area contributed by atoms with Gasteiger partial charge in [0.15, 0.2) is 0 Å². The fourth-order valence-electron chi connectivity index (χ4n) is 1.32. The summed E-state index contributed by atoms with van der Waals surface area (Å²) in [5.41, 5.74) is 3.74. The van der Waals surface area contributed by atoms with Crippen LogP contribution < -0.4 is 11.1 Å². The lowest BCUT2D eigenvalue weighted by Gasteiger charge is -2.10. The predicted molar refractivity (Wildman–Crippen MR) is 52.7 cm³/mol. The molecule has 2 atom stereocenters. The van der Waals surface area contributed by atoms with Crippen molar-refractivity contribution in [1.29, 1.82) is 0 Å². The van der Waals surface area contributed by atoms with Gasteiger partial charge >= 0.3 is 23.6 Å². The van der Waals surface area contributed by atoms with Gasteiger partial charge in [0.1, 0.15) is 0 Å². The molecule has 9 heteroatoms. The number of aliphatic carboxylic acids is 1. The van der Waals surface area contributed by atoms with Crippen LogP contribution in [0.25, 0.3) is 0 Å². The minimum atomic E-state index is -1.53. The first-order valence-electron chi connectivity index (χ1n) is 4.59. The van der Waals surface area contributed by atoms with Gasteiger partial charge in [0.05, 0.1) is 12.5 Å². The van der Waals surface area contributed by atoms with Gasteiger partial charge in [-0.3, -0.25) is 14.9 Å². The van der Waals surface area contributed by atoms with Gasteiger partial charge in [-0.1, -0.05) is 0 Å². The first-order chi connectivity index (χ1) is 7.70. The molecule has 1 rings (SSSR count). The van der Waals surface area contributed by atoms with Crippen molar-refractivity contribution in [2.75, 3.05) is 0 Å². The summed E-state index contributed by atoms with van der Waals surface area (Å²) in [5.74, 6) is -2.65. The second-order valence-electron chi connectivity index (χ2n) is 3.71. The van der Waals surface area contributed by atoms with E-state index in [1.165, 1.54) is 6.92 Å². The van der Waals surface area contributed by atoms with E-state index in [0.29, 0.717) is 4.58 Å². The van der Waals surface area contributed by atoms with Gasteiger partial charge < -0.3 is 21.1 Å². The smallest absolute Gasteiger partial charge is 0.481 e. The number of nitrogens with two attached hydrogens (primary N) is 1. The van der Waals surface area contributed by atoms with E-state index in [1.807, 2.05) is 0 Å². The summed E-state index contributed by atoms with van der Waals surface area (Å²) in [6.45, 7) is 1.25. The Hall–Kier alpha value is -2.16. The highest BCUT2D eigenvalue weighted by molar-refractivity contribution is 5.97. The molecule has 1 aliphatic rings. The van der Waals surface area contributed by atoms with Crippen molar-refractivity contribution in [3.63, 3.8) is 0 Å². The van der Waals surface area contributed by atoms with E-state index in [0.717, 1.165) is 0 Å². The summed E-state index contributed by atoms with van der Waals surface area (Å²) in [6, 6.07) is -1.31. The summed E-state index contributed by atoms with van der Waals surface area (Å²) in [5, 5.41) is 28.4. The molecular formula is C8H12N3O6+. The number of nitrogens with zero attached hydrogens (tertiary/aromatic N) is 1. The Balaban J connectivity index is 2.60. The van der Waals surface area contributed by atoms with Crippen molar-refractivity contribution in [2.45, 2.75) is 25.0 Å². The molecule has 0 aromatic rings. The summed E-state index contributed by atoms with van der Waals surface area (Å²) in [4.78, 5) is 32.3. The number of carboxylic acids is 1. The molecular weight excluding hydrogens is 234 g/mol. The van der Waals surface area contributed by atoms with Gasteiger partial charge in [-0.05, 0) is 4.58 Å². The molecule has 0 radical (unpaired) electrons. The topological polar surface area (TPSA) is 153 Å². The molecule has 17 heavy (non-hydrogen) atoms. The maximum absolute atomic E-state index is 11.4. The molecule has 1 aliphatic heterocycles. The van der Waals surface area contributed by atoms with Crippen LogP contribution >= 0.6 is 0 Å². The summed E-state index contributed by atoms with van der Waals surface area (Å²) < 4.78 is 0.526. The van der Waals surface area contributed by atoms with Crippen molar-refractivity contribution in [3.05, 3.63) is 0 Å². The Morgan fingerprint density at radius 3 is 2.35 bits per heavy atom. The highest BCUT2D eigenvalue weighted by Gasteiger charge is 2.70. The molecule has 0 aromatic carbocycles. The Morgan fingerprint density at radius 1 is 1.47 bits per heavy atom. The normalized spacial score (nSPS) is 24.1. The quantitative estimate of drug-likeness (QED) is 0.370. The van der Waals surface area contributed by atoms with Gasteiger partial charge in [-0.25, -0.2) is 0 Å². The maximum Gasteiger partial charge on any atom is 0.599 e. The molecule has 0 fully saturated rings. The maximum atomic E-state index is 11.4. The minimum absolute atomic E-state index is 0.526. The lowest BCUT2D eigenvalue weighted by molar-refractivity contribution is -0.425. The fraction of sp³-hybridized carbons (Fsp3) is 0.500. The lowest BCUT2D eigenvalue weighted by Crippen LogP contribution is -2.51. The second kappa shape index (κ2) is 4.01. The van der Waals surface area contributed by atoms with Gasteiger partial charge in [-0.15, -0.1) is 0 Å². The third kappa shape index (κ3) is 2.33. The summed E-state index contributed by atoms with van der Waals surface area (Å²) in [7, 11) is 0. The molecule has 1 heterocycles. The Morgan fingerprint density at radius 2 is 2.00 bits per heavy atom. The van der Waals surface area contributed by atoms with Gasteiger partial charge in [-0.2, -0.15) is 4.79 Å². The SMILES string of the molecule is CC1(NC(=O)C(N)CC(=O)O)C(O)=[N+]1C(=O)O. The molecule has 2 unspecified atom stereocenters. The van der Waals surface area contributed by atoms with Gasteiger partial charge in [0.2, 0.25) is 5.91 Å². The van der Waals surface area contributed by atoms with E-state index in [-0.39, 0.29) is 0 Å². The van der Waals surface area contributed by atoms with E-state index >= 15 is 0 Å². The van der Waals surface area contributed by atoms with Crippen molar-refractivity contribution >= 4 is 23.9 Å². The molecule has 9 nitrogen and oxygen atoms in total. The van der Waals surface area contributed by atoms with Gasteiger partial charge in [0.25, 0.3) is 0 Å². The number of aliphatic hydroxyl groups excluding tert-OH is 1. The van der Waals surface area contributed by atoms with Crippen molar-refractivity contribution in [2.24, 2.45) is 5.73 Å². The zero-order valence-corrected chi connectivity index (χ0v) is 8.88. The van der Waals surface area contributed by atoms with Crippen LogP contribution in [0.3, 0.4) is 0 Å². The lowest BCUT2D eigenvalue weighted by atomic mass is 10.2. The van der Waals surface area contributed by atoms with Crippen LogP contribution in [0.4, 0.5) is 4.79 Å². The number of amides is 2. The predicted octanol–water partition coefficient (Wildman–Crippen LogP) is -1.72. The number of nitrogens with one attached hydrogen (secondary N) is 1. The zero-order valence-electron chi connectivity index (χ0n) is 8.88. The van der Waals surface area contributed by atoms with Gasteiger partial charge in [0, 0.05) is 6.92 Å². The van der Waals surface area contributed by atoms with Crippen molar-refractivity contribution in [1.82, 2.24) is 5.32 Å². The molecule has 94 valence electrons. The van der Waals surface area contributed by atoms with E-state index in [9.17, 15) is 19.5 Å². The largest absolute Gasteiger partial charge is 0.599 e. The van der Waals surface area contributed by atoms with Crippen LogP contribution in [-0.2, 0) is 9.59 Å². The van der Waals surface area contributed by atoms with E-state index < -0.39 is 42.0 Å². The number of carboxylic acid groups (broad SMARTS) is 2. The van der Waals surface area contributed by atoms with Crippen LogP contribution in [0.5, 0.6) is 0 Å². The molecule has 0 saturated heterocycles. The molecule has 0 saturated carbocycles. The average molecular weight is 246 g/mol. The number of aliphatic hydroxyl groups is 1. The van der Waals surface area contributed by atoms with Crippen LogP contribution in [0, 0.1) is 0 Å². The third-order valence-corrected chi connectivity index (χ3v) is 2.33. The Labute approximate surface area is 95.2 Å². The van der Waals surface area contributed by atoms with Crippen LogP contribution in [0.15, 0.2) is 0 Å². The molecule has 0 spiro atoms. The Bertz CT molecular complexity index is 431. The highest BCUT2D eigenvalue weighted by Crippen LogP contribution is 2.22. The zero-order chi connectivity index (χ0) is 13.4. The van der Waals surface area contributed by atoms with Crippen LogP contribution in [-0.4, -0.2) is 55.5 Å². The molecule has 0 aliphatic carbocycles. The summed E-state index contributed by atoms with van der Waals surface area (Å²) >= 11 is 0. The fourth-order valence-corrected chi connectivity index (χ4v) is 1.32. The standard InChI is InChI=1S/C8H11N3O6/c1-8(6(15)11(8)7(16)17)10-5(14)3(9)2-4(12)13/h3H,2,9H2,1H3,(H3,10,12,13,14,16,17)/p+1. The number of carbonyl (C=O) groups excluding carboxylic acids is 1. The van der Waals surface area contributed by atoms with Crippen molar-refractivity contribution in [3.8, 4) is 0 Å². The second-order valence-corrected chi connectivity index (χ2v) is 3.71. The van der Waals surface area contributed by atoms with Crippen LogP contribution in [0.1, 0.15) is 13.3 Å². The Kier molecular flexibility index (Phi) is 3.05. The number of carbonyl (C=O) groups is 3. The third-order valence-electron chi connectivity index (χ3n) is 2.33. The highest BCUT2D eigenvalue weighted by atomic mass is 16.4.